The van der Waals surface area contributed by atoms with E-state index < -0.39 is 11.8 Å². The van der Waals surface area contributed by atoms with E-state index >= 15 is 0 Å². The zero-order valence-electron chi connectivity index (χ0n) is 16.0. The Morgan fingerprint density at radius 1 is 0.931 bits per heavy atom. The molecule has 0 bridgehead atoms. The van der Waals surface area contributed by atoms with Crippen molar-refractivity contribution in [3.63, 3.8) is 0 Å². The molecule has 1 aromatic carbocycles. The molecule has 4 rings (SSSR count). The maximum Gasteiger partial charge on any atom is 0.305 e. The van der Waals surface area contributed by atoms with Gasteiger partial charge in [0.2, 0.25) is 11.8 Å². The van der Waals surface area contributed by atoms with Crippen molar-refractivity contribution in [1.82, 2.24) is 4.57 Å². The van der Waals surface area contributed by atoms with Gasteiger partial charge in [0.1, 0.15) is 0 Å². The fourth-order valence-corrected chi connectivity index (χ4v) is 4.80. The minimum Gasteiger partial charge on any atom is -0.494 e. The van der Waals surface area contributed by atoms with Crippen LogP contribution in [0.25, 0.3) is 10.8 Å². The molecule has 0 spiro atoms. The van der Waals surface area contributed by atoms with Gasteiger partial charge in [0.15, 0.2) is 0 Å². The summed E-state index contributed by atoms with van der Waals surface area (Å²) in [7, 11) is 1.51. The van der Waals surface area contributed by atoms with Crippen LogP contribution in [0.5, 0.6) is 11.8 Å². The van der Waals surface area contributed by atoms with E-state index in [1.807, 2.05) is 6.07 Å². The van der Waals surface area contributed by atoms with Crippen LogP contribution in [-0.4, -0.2) is 26.6 Å². The van der Waals surface area contributed by atoms with Gasteiger partial charge in [-0.1, -0.05) is 12.8 Å². The second-order valence-electron chi connectivity index (χ2n) is 7.25. The van der Waals surface area contributed by atoms with Crippen molar-refractivity contribution < 1.29 is 19.8 Å². The number of benzene rings is 1. The smallest absolute Gasteiger partial charge is 0.305 e. The number of rotatable bonds is 2. The summed E-state index contributed by atoms with van der Waals surface area (Å²) in [5.74, 6) is -1.45. The van der Waals surface area contributed by atoms with Gasteiger partial charge in [-0.3, -0.25) is 14.2 Å². The molecule has 0 aliphatic heterocycles. The lowest BCUT2D eigenvalue weighted by atomic mass is 10.00. The van der Waals surface area contributed by atoms with Crippen LogP contribution >= 0.6 is 11.3 Å². The molecule has 7 nitrogen and oxygen atoms in total. The highest BCUT2D eigenvalue weighted by molar-refractivity contribution is 7.14. The van der Waals surface area contributed by atoms with Gasteiger partial charge >= 0.3 is 5.91 Å². The van der Waals surface area contributed by atoms with Crippen molar-refractivity contribution in [1.29, 1.82) is 0 Å². The molecule has 8 heteroatoms. The van der Waals surface area contributed by atoms with Crippen molar-refractivity contribution in [3.8, 4) is 11.8 Å². The van der Waals surface area contributed by atoms with E-state index in [0.29, 0.717) is 15.6 Å². The molecular formula is C21H21N3O4S. The predicted octanol–water partition coefficient (Wildman–Crippen LogP) is 4.74. The van der Waals surface area contributed by atoms with Crippen molar-refractivity contribution >= 4 is 33.9 Å². The lowest BCUT2D eigenvalue weighted by molar-refractivity contribution is 0.0949. The fourth-order valence-electron chi connectivity index (χ4n) is 3.67. The van der Waals surface area contributed by atoms with Crippen LogP contribution in [0.1, 0.15) is 56.2 Å². The summed E-state index contributed by atoms with van der Waals surface area (Å²) < 4.78 is 1.22. The van der Waals surface area contributed by atoms with Crippen molar-refractivity contribution in [2.75, 3.05) is 0 Å². The first kappa shape index (κ1) is 19.3. The van der Waals surface area contributed by atoms with E-state index in [-0.39, 0.29) is 17.3 Å². The Hall–Kier alpha value is -3.00. The number of aryl methyl sites for hydroxylation is 2. The summed E-state index contributed by atoms with van der Waals surface area (Å²) >= 11 is 1.44. The van der Waals surface area contributed by atoms with Gasteiger partial charge in [-0.15, -0.1) is 21.6 Å². The van der Waals surface area contributed by atoms with Crippen LogP contribution in [0.2, 0.25) is 0 Å². The SMILES string of the molecule is Cn1c(O)c2ccc(C(=O)N=NC(=O)c3cc4c(s3)CCCCCC4)cc2c1O. The number of fused-ring (bicyclic) bond motifs is 2. The monoisotopic (exact) mass is 411 g/mol. The molecule has 2 amide bonds. The molecule has 0 radical (unpaired) electrons. The molecule has 150 valence electrons. The average molecular weight is 411 g/mol. The molecule has 0 fully saturated rings. The van der Waals surface area contributed by atoms with Crippen LogP contribution < -0.4 is 0 Å². The first-order valence-corrected chi connectivity index (χ1v) is 10.4. The Morgan fingerprint density at radius 2 is 1.62 bits per heavy atom. The number of amides is 2. The maximum atomic E-state index is 12.4. The highest BCUT2D eigenvalue weighted by atomic mass is 32.1. The summed E-state index contributed by atoms with van der Waals surface area (Å²) in [5.41, 5.74) is 1.39. The second-order valence-corrected chi connectivity index (χ2v) is 8.39. The molecular weight excluding hydrogens is 390 g/mol. The van der Waals surface area contributed by atoms with Gasteiger partial charge in [0.25, 0.3) is 5.91 Å². The standard InChI is InChI=1S/C21H21N3O4S/c1-24-20(27)14-9-8-13(10-15(14)21(24)28)18(25)22-23-19(26)17-11-12-6-4-2-3-5-7-16(12)29-17/h8-11,27-28H,2-7H2,1H3. The Bertz CT molecular complexity index is 1120. The zero-order chi connectivity index (χ0) is 20.5. The Balaban J connectivity index is 1.53. The molecule has 2 N–H and O–H groups in total. The summed E-state index contributed by atoms with van der Waals surface area (Å²) in [6.45, 7) is 0. The molecule has 2 heterocycles. The Kier molecular flexibility index (Phi) is 5.19. The van der Waals surface area contributed by atoms with Crippen molar-refractivity contribution in [3.05, 3.63) is 45.1 Å². The summed E-state index contributed by atoms with van der Waals surface area (Å²) in [5, 5.41) is 27.9. The zero-order valence-corrected chi connectivity index (χ0v) is 16.8. The number of aromatic hydroxyl groups is 2. The van der Waals surface area contributed by atoms with Gasteiger partial charge in [0, 0.05) is 28.3 Å². The number of thiophene rings is 1. The number of azo groups is 1. The van der Waals surface area contributed by atoms with E-state index in [4.69, 9.17) is 0 Å². The van der Waals surface area contributed by atoms with Gasteiger partial charge < -0.3 is 10.2 Å². The molecule has 29 heavy (non-hydrogen) atoms. The molecule has 2 aromatic heterocycles. The van der Waals surface area contributed by atoms with Crippen molar-refractivity contribution in [2.24, 2.45) is 17.3 Å². The highest BCUT2D eigenvalue weighted by Gasteiger charge is 2.18. The highest BCUT2D eigenvalue weighted by Crippen LogP contribution is 2.35. The molecule has 3 aromatic rings. The van der Waals surface area contributed by atoms with E-state index in [1.54, 1.807) is 0 Å². The van der Waals surface area contributed by atoms with Gasteiger partial charge in [-0.05, 0) is 55.5 Å². The van der Waals surface area contributed by atoms with Crippen LogP contribution in [0.4, 0.5) is 0 Å². The quantitative estimate of drug-likeness (QED) is 0.594. The molecule has 0 saturated carbocycles. The largest absolute Gasteiger partial charge is 0.494 e. The molecule has 1 aliphatic rings. The van der Waals surface area contributed by atoms with E-state index in [9.17, 15) is 19.8 Å². The van der Waals surface area contributed by atoms with Crippen LogP contribution in [-0.2, 0) is 19.9 Å². The Morgan fingerprint density at radius 3 is 2.41 bits per heavy atom. The van der Waals surface area contributed by atoms with Crippen LogP contribution in [0.15, 0.2) is 34.5 Å². The first-order valence-electron chi connectivity index (χ1n) is 9.58. The molecule has 1 aliphatic carbocycles. The normalized spacial score (nSPS) is 14.7. The number of carbonyl (C=O) groups excluding carboxylic acids is 2. The number of aromatic nitrogens is 1. The predicted molar refractivity (Wildman–Crippen MR) is 110 cm³/mol. The third-order valence-corrected chi connectivity index (χ3v) is 6.55. The lowest BCUT2D eigenvalue weighted by Crippen LogP contribution is -1.96. The maximum absolute atomic E-state index is 12.4. The minimum absolute atomic E-state index is 0.0958. The van der Waals surface area contributed by atoms with E-state index in [1.165, 1.54) is 64.4 Å². The molecule has 0 saturated heterocycles. The number of hydrogen-bond donors (Lipinski definition) is 2. The average Bonchev–Trinajstić information content (AvgIpc) is 3.20. The number of carbonyl (C=O) groups is 2. The van der Waals surface area contributed by atoms with Crippen LogP contribution in [0.3, 0.4) is 0 Å². The van der Waals surface area contributed by atoms with E-state index in [0.717, 1.165) is 25.7 Å². The molecule has 0 unspecified atom stereocenters. The minimum atomic E-state index is -0.682. The third-order valence-electron chi connectivity index (χ3n) is 5.32. The van der Waals surface area contributed by atoms with E-state index in [2.05, 4.69) is 10.2 Å². The summed E-state index contributed by atoms with van der Waals surface area (Å²) in [6, 6.07) is 6.31. The van der Waals surface area contributed by atoms with Crippen LogP contribution in [0, 0.1) is 0 Å². The van der Waals surface area contributed by atoms with Crippen molar-refractivity contribution in [2.45, 2.75) is 38.5 Å². The van der Waals surface area contributed by atoms with Gasteiger partial charge in [-0.2, -0.15) is 0 Å². The summed E-state index contributed by atoms with van der Waals surface area (Å²) in [4.78, 5) is 26.5. The Labute approximate surface area is 171 Å². The first-order chi connectivity index (χ1) is 14.0. The topological polar surface area (TPSA) is 104 Å². The third kappa shape index (κ3) is 3.67. The molecule has 0 atom stereocenters. The lowest BCUT2D eigenvalue weighted by Gasteiger charge is -2.07. The fraction of sp³-hybridized carbons (Fsp3) is 0.333. The van der Waals surface area contributed by atoms with Gasteiger partial charge in [-0.25, -0.2) is 0 Å². The number of hydrogen-bond acceptors (Lipinski definition) is 5. The summed E-state index contributed by atoms with van der Waals surface area (Å²) in [6.07, 6.45) is 6.65. The second kappa shape index (κ2) is 7.79. The number of nitrogens with zero attached hydrogens (tertiary/aromatic N) is 3. The van der Waals surface area contributed by atoms with Gasteiger partial charge in [0.05, 0.1) is 4.88 Å².